The monoisotopic (exact) mass is 258 g/mol. The molecule has 96 valence electrons. The Bertz CT molecular complexity index is 492. The Morgan fingerprint density at radius 2 is 2.17 bits per heavy atom. The number of carbonyl (C=O) groups is 1. The molecule has 0 bridgehead atoms. The number of benzene rings is 1. The minimum absolute atomic E-state index is 0.391. The molecule has 0 aliphatic heterocycles. The van der Waals surface area contributed by atoms with E-state index in [1.54, 1.807) is 6.07 Å². The Kier molecular flexibility index (Phi) is 4.15. The van der Waals surface area contributed by atoms with Crippen molar-refractivity contribution in [2.24, 2.45) is 0 Å². The highest BCUT2D eigenvalue weighted by molar-refractivity contribution is 5.93. The third kappa shape index (κ3) is 3.13. The predicted molar refractivity (Wildman–Crippen MR) is 56.9 cm³/mol. The van der Waals surface area contributed by atoms with Crippen LogP contribution in [0.4, 0.5) is 18.9 Å². The molecule has 1 N–H and O–H groups in total. The summed E-state index contributed by atoms with van der Waals surface area (Å²) >= 11 is 0. The van der Waals surface area contributed by atoms with Crippen LogP contribution >= 0.6 is 0 Å². The molecule has 4 nitrogen and oxygen atoms in total. The maximum absolute atomic E-state index is 12.8. The molecular formula is C11H9F3N2O2. The lowest BCUT2D eigenvalue weighted by Gasteiger charge is -2.16. The number of ether oxygens (including phenoxy) is 1. The van der Waals surface area contributed by atoms with Crippen molar-refractivity contribution < 1.29 is 22.7 Å². The van der Waals surface area contributed by atoms with Gasteiger partial charge in [-0.1, -0.05) is 6.07 Å². The third-order valence-electron chi connectivity index (χ3n) is 2.04. The van der Waals surface area contributed by atoms with Gasteiger partial charge in [-0.15, -0.1) is 0 Å². The lowest BCUT2D eigenvalue weighted by molar-refractivity contribution is -0.138. The van der Waals surface area contributed by atoms with Gasteiger partial charge in [0.15, 0.2) is 0 Å². The van der Waals surface area contributed by atoms with Gasteiger partial charge in [0.1, 0.15) is 17.7 Å². The van der Waals surface area contributed by atoms with Crippen molar-refractivity contribution in [1.29, 1.82) is 5.26 Å². The molecular weight excluding hydrogens is 249 g/mol. The van der Waals surface area contributed by atoms with Crippen molar-refractivity contribution in [2.45, 2.75) is 12.6 Å². The zero-order valence-electron chi connectivity index (χ0n) is 9.34. The van der Waals surface area contributed by atoms with Crippen LogP contribution in [0.25, 0.3) is 0 Å². The van der Waals surface area contributed by atoms with Crippen LogP contribution in [0, 0.1) is 11.3 Å². The van der Waals surface area contributed by atoms with E-state index < -0.39 is 35.5 Å². The molecule has 1 aromatic rings. The molecule has 0 saturated carbocycles. The normalized spacial score (nSPS) is 10.6. The van der Waals surface area contributed by atoms with Gasteiger partial charge in [-0.05, 0) is 12.1 Å². The third-order valence-corrected chi connectivity index (χ3v) is 2.04. The number of alkyl halides is 3. The molecule has 1 amide bonds. The van der Waals surface area contributed by atoms with Crippen LogP contribution in [-0.4, -0.2) is 13.0 Å². The lowest BCUT2D eigenvalue weighted by Crippen LogP contribution is -2.16. The van der Waals surface area contributed by atoms with E-state index in [2.05, 4.69) is 4.74 Å². The Hall–Kier alpha value is -2.23. The van der Waals surface area contributed by atoms with E-state index in [9.17, 15) is 18.0 Å². The first-order valence-corrected chi connectivity index (χ1v) is 4.81. The number of hydrogen-bond donors (Lipinski definition) is 1. The number of anilines is 1. The molecule has 0 atom stereocenters. The first-order chi connectivity index (χ1) is 8.40. The highest BCUT2D eigenvalue weighted by Gasteiger charge is 2.37. The zero-order chi connectivity index (χ0) is 13.8. The molecule has 0 radical (unpaired) electrons. The van der Waals surface area contributed by atoms with Crippen LogP contribution < -0.4 is 10.1 Å². The van der Waals surface area contributed by atoms with Crippen molar-refractivity contribution >= 4 is 11.6 Å². The summed E-state index contributed by atoms with van der Waals surface area (Å²) in [6.07, 6.45) is -5.18. The van der Waals surface area contributed by atoms with Crippen LogP contribution in [0.5, 0.6) is 5.75 Å². The first kappa shape index (κ1) is 13.8. The van der Waals surface area contributed by atoms with Gasteiger partial charge in [0.25, 0.3) is 0 Å². The van der Waals surface area contributed by atoms with E-state index in [1.807, 2.05) is 5.32 Å². The fourth-order valence-corrected chi connectivity index (χ4v) is 1.36. The Balaban J connectivity index is 3.20. The van der Waals surface area contributed by atoms with Gasteiger partial charge >= 0.3 is 6.18 Å². The Morgan fingerprint density at radius 1 is 1.50 bits per heavy atom. The number of nitrogens with zero attached hydrogens (tertiary/aromatic N) is 1. The zero-order valence-corrected chi connectivity index (χ0v) is 9.34. The van der Waals surface area contributed by atoms with E-state index in [1.165, 1.54) is 6.07 Å². The molecule has 0 saturated heterocycles. The van der Waals surface area contributed by atoms with Crippen LogP contribution in [0.15, 0.2) is 18.2 Å². The fourth-order valence-electron chi connectivity index (χ4n) is 1.36. The van der Waals surface area contributed by atoms with Crippen LogP contribution in [0.2, 0.25) is 0 Å². The van der Waals surface area contributed by atoms with Gasteiger partial charge in [-0.25, -0.2) is 0 Å². The summed E-state index contributed by atoms with van der Waals surface area (Å²) in [6.45, 7) is 0. The van der Waals surface area contributed by atoms with Crippen molar-refractivity contribution in [3.05, 3.63) is 23.8 Å². The summed E-state index contributed by atoms with van der Waals surface area (Å²) in [5.74, 6) is -1.20. The number of nitriles is 1. The van der Waals surface area contributed by atoms with E-state index in [4.69, 9.17) is 5.26 Å². The first-order valence-electron chi connectivity index (χ1n) is 4.81. The van der Waals surface area contributed by atoms with Gasteiger partial charge in [-0.3, -0.25) is 4.79 Å². The van der Waals surface area contributed by atoms with Crippen LogP contribution in [-0.2, 0) is 11.0 Å². The molecule has 0 fully saturated rings. The Morgan fingerprint density at radius 3 is 2.67 bits per heavy atom. The van der Waals surface area contributed by atoms with Crippen molar-refractivity contribution in [2.75, 3.05) is 12.4 Å². The number of methoxy groups -OCH3 is 1. The minimum Gasteiger partial charge on any atom is -0.496 e. The lowest BCUT2D eigenvalue weighted by atomic mass is 10.1. The molecule has 7 heteroatoms. The summed E-state index contributed by atoms with van der Waals surface area (Å²) in [4.78, 5) is 11.1. The standard InChI is InChI=1S/C11H9F3N2O2/c1-18-8-4-2-3-7(10(8)11(12,13)14)16-9(17)5-6-15/h2-4H,5H2,1H3,(H,16,17). The molecule has 1 aromatic carbocycles. The highest BCUT2D eigenvalue weighted by Crippen LogP contribution is 2.41. The number of carbonyl (C=O) groups excluding carboxylic acids is 1. The predicted octanol–water partition coefficient (Wildman–Crippen LogP) is 2.57. The molecule has 0 aliphatic rings. The molecule has 0 aromatic heterocycles. The quantitative estimate of drug-likeness (QED) is 0.906. The van der Waals surface area contributed by atoms with E-state index >= 15 is 0 Å². The number of halogens is 3. The number of hydrogen-bond acceptors (Lipinski definition) is 3. The second-order valence-corrected chi connectivity index (χ2v) is 3.26. The summed E-state index contributed by atoms with van der Waals surface area (Å²) in [5.41, 5.74) is -1.50. The molecule has 0 unspecified atom stereocenters. The van der Waals surface area contributed by atoms with E-state index in [0.717, 1.165) is 19.2 Å². The van der Waals surface area contributed by atoms with Crippen LogP contribution in [0.3, 0.4) is 0 Å². The van der Waals surface area contributed by atoms with Crippen LogP contribution in [0.1, 0.15) is 12.0 Å². The van der Waals surface area contributed by atoms with Crippen molar-refractivity contribution in [3.8, 4) is 11.8 Å². The average molecular weight is 258 g/mol. The fraction of sp³-hybridized carbons (Fsp3) is 0.273. The van der Waals surface area contributed by atoms with Gasteiger partial charge in [-0.2, -0.15) is 18.4 Å². The number of nitrogens with one attached hydrogen (secondary N) is 1. The number of rotatable bonds is 3. The average Bonchev–Trinajstić information content (AvgIpc) is 2.27. The second kappa shape index (κ2) is 5.40. The molecule has 1 rings (SSSR count). The molecule has 0 heterocycles. The minimum atomic E-state index is -4.66. The molecule has 18 heavy (non-hydrogen) atoms. The topological polar surface area (TPSA) is 62.1 Å². The summed E-state index contributed by atoms with van der Waals surface area (Å²) < 4.78 is 43.1. The van der Waals surface area contributed by atoms with Gasteiger partial charge < -0.3 is 10.1 Å². The smallest absolute Gasteiger partial charge is 0.421 e. The van der Waals surface area contributed by atoms with E-state index in [-0.39, 0.29) is 0 Å². The maximum Gasteiger partial charge on any atom is 0.421 e. The molecule has 0 aliphatic carbocycles. The summed E-state index contributed by atoms with van der Waals surface area (Å²) in [5, 5.41) is 10.3. The Labute approximate surface area is 101 Å². The summed E-state index contributed by atoms with van der Waals surface area (Å²) in [6, 6.07) is 5.10. The largest absolute Gasteiger partial charge is 0.496 e. The highest BCUT2D eigenvalue weighted by atomic mass is 19.4. The number of amides is 1. The maximum atomic E-state index is 12.8. The second-order valence-electron chi connectivity index (χ2n) is 3.26. The van der Waals surface area contributed by atoms with Gasteiger partial charge in [0, 0.05) is 0 Å². The van der Waals surface area contributed by atoms with Crippen molar-refractivity contribution in [1.82, 2.24) is 0 Å². The van der Waals surface area contributed by atoms with Gasteiger partial charge in [0.2, 0.25) is 5.91 Å². The summed E-state index contributed by atoms with van der Waals surface area (Å²) in [7, 11) is 1.10. The van der Waals surface area contributed by atoms with E-state index in [0.29, 0.717) is 0 Å². The SMILES string of the molecule is COc1cccc(NC(=O)CC#N)c1C(F)(F)F. The molecule has 0 spiro atoms. The van der Waals surface area contributed by atoms with Gasteiger partial charge in [0.05, 0.1) is 18.9 Å². The van der Waals surface area contributed by atoms with Crippen molar-refractivity contribution in [3.63, 3.8) is 0 Å².